The molecule has 8 heteroatoms. The van der Waals surface area contributed by atoms with E-state index in [9.17, 15) is 9.18 Å². The first-order valence-corrected chi connectivity index (χ1v) is 8.08. The Morgan fingerprint density at radius 1 is 1.24 bits per heavy atom. The Labute approximate surface area is 147 Å². The Bertz CT molecular complexity index is 703. The van der Waals surface area contributed by atoms with Crippen molar-refractivity contribution in [1.82, 2.24) is 5.32 Å². The molecule has 0 bridgehead atoms. The third-order valence-electron chi connectivity index (χ3n) is 4.65. The highest BCUT2D eigenvalue weighted by molar-refractivity contribution is 6.56. The maximum Gasteiger partial charge on any atom is 0.492 e. The van der Waals surface area contributed by atoms with Crippen molar-refractivity contribution in [2.75, 3.05) is 18.0 Å². The van der Waals surface area contributed by atoms with E-state index in [-0.39, 0.29) is 23.8 Å². The molecule has 1 aliphatic rings. The summed E-state index contributed by atoms with van der Waals surface area (Å²) in [6.45, 7) is 9.31. The normalized spacial score (nSPS) is 19.1. The summed E-state index contributed by atoms with van der Waals surface area (Å²) in [6.07, 6.45) is 1.65. The molecule has 1 aromatic rings. The van der Waals surface area contributed by atoms with Crippen molar-refractivity contribution in [1.29, 1.82) is 0 Å². The summed E-state index contributed by atoms with van der Waals surface area (Å²) in [5.74, 6) is -0.695. The summed E-state index contributed by atoms with van der Waals surface area (Å²) >= 11 is 0. The smallest absolute Gasteiger partial charge is 0.400 e. The summed E-state index contributed by atoms with van der Waals surface area (Å²) in [7, 11) is -0.694. The molecule has 1 aromatic carbocycles. The summed E-state index contributed by atoms with van der Waals surface area (Å²) in [6, 6.07) is 2.44. The molecule has 6 nitrogen and oxygen atoms in total. The van der Waals surface area contributed by atoms with Gasteiger partial charge < -0.3 is 26.1 Å². The lowest BCUT2D eigenvalue weighted by molar-refractivity contribution is -0.118. The van der Waals surface area contributed by atoms with Crippen LogP contribution >= 0.6 is 0 Å². The van der Waals surface area contributed by atoms with E-state index in [4.69, 9.17) is 20.8 Å². The molecule has 5 N–H and O–H groups in total. The first-order chi connectivity index (χ1) is 11.4. The molecule has 1 fully saturated rings. The maximum absolute atomic E-state index is 13.7. The summed E-state index contributed by atoms with van der Waals surface area (Å²) in [5.41, 5.74) is 12.0. The quantitative estimate of drug-likeness (QED) is 0.571. The number of rotatable bonds is 4. The number of carbonyl (C=O) groups excluding carboxylic acids is 1. The number of nitrogens with two attached hydrogens (primary N) is 2. The number of carbonyl (C=O) groups is 1. The molecule has 25 heavy (non-hydrogen) atoms. The highest BCUT2D eigenvalue weighted by Crippen LogP contribution is 2.39. The Morgan fingerprint density at radius 3 is 2.32 bits per heavy atom. The third kappa shape index (κ3) is 4.14. The highest BCUT2D eigenvalue weighted by atomic mass is 19.1. The number of halogens is 1. The second-order valence-corrected chi connectivity index (χ2v) is 7.22. The molecule has 0 radical (unpaired) electrons. The van der Waals surface area contributed by atoms with E-state index in [1.807, 2.05) is 27.7 Å². The molecular weight excluding hydrogens is 324 g/mol. The van der Waals surface area contributed by atoms with Gasteiger partial charge >= 0.3 is 7.12 Å². The van der Waals surface area contributed by atoms with Gasteiger partial charge in [0.05, 0.1) is 22.6 Å². The van der Waals surface area contributed by atoms with Crippen LogP contribution in [-0.4, -0.2) is 30.8 Å². The standard InChI is InChI=1S/C17H25BFN3O3/c1-10(23)22-9-12(18-24-16(2,3)17(4,5)25-18)6-11-7-13(19)8-14(20)15(11)21/h6-8H,9,20-21H2,1-5H3,(H,22,23). The van der Waals surface area contributed by atoms with Gasteiger partial charge in [-0.05, 0) is 45.3 Å². The zero-order chi connectivity index (χ0) is 19.0. The fourth-order valence-electron chi connectivity index (χ4n) is 2.40. The Morgan fingerprint density at radius 2 is 1.80 bits per heavy atom. The lowest BCUT2D eigenvalue weighted by Crippen LogP contribution is -2.41. The van der Waals surface area contributed by atoms with Crippen LogP contribution in [0.25, 0.3) is 6.08 Å². The number of nitrogen functional groups attached to an aromatic ring is 2. The number of benzene rings is 1. The number of amides is 1. The van der Waals surface area contributed by atoms with Gasteiger partial charge in [-0.2, -0.15) is 0 Å². The van der Waals surface area contributed by atoms with Crippen molar-refractivity contribution in [2.24, 2.45) is 0 Å². The van der Waals surface area contributed by atoms with Crippen LogP contribution in [0.3, 0.4) is 0 Å². The van der Waals surface area contributed by atoms with Crippen LogP contribution < -0.4 is 16.8 Å². The van der Waals surface area contributed by atoms with Gasteiger partial charge in [-0.15, -0.1) is 0 Å². The fraction of sp³-hybridized carbons (Fsp3) is 0.471. The van der Waals surface area contributed by atoms with Gasteiger partial charge in [-0.25, -0.2) is 4.39 Å². The van der Waals surface area contributed by atoms with Crippen molar-refractivity contribution in [3.63, 3.8) is 0 Å². The molecule has 1 amide bonds. The summed E-state index contributed by atoms with van der Waals surface area (Å²) < 4.78 is 25.7. The van der Waals surface area contributed by atoms with E-state index in [1.165, 1.54) is 13.0 Å². The molecule has 0 saturated carbocycles. The minimum atomic E-state index is -0.694. The third-order valence-corrected chi connectivity index (χ3v) is 4.65. The molecule has 1 heterocycles. The molecule has 1 aliphatic heterocycles. The van der Waals surface area contributed by atoms with Crippen LogP contribution in [0.2, 0.25) is 0 Å². The van der Waals surface area contributed by atoms with Crippen molar-refractivity contribution < 1.29 is 18.5 Å². The second-order valence-electron chi connectivity index (χ2n) is 7.22. The van der Waals surface area contributed by atoms with Gasteiger partial charge in [0.1, 0.15) is 5.82 Å². The maximum atomic E-state index is 13.7. The van der Waals surface area contributed by atoms with Crippen molar-refractivity contribution in [3.05, 3.63) is 29.0 Å². The zero-order valence-corrected chi connectivity index (χ0v) is 15.3. The van der Waals surface area contributed by atoms with Gasteiger partial charge in [0.25, 0.3) is 0 Å². The van der Waals surface area contributed by atoms with E-state index >= 15 is 0 Å². The van der Waals surface area contributed by atoms with Crippen LogP contribution in [0.15, 0.2) is 17.6 Å². The van der Waals surface area contributed by atoms with E-state index in [2.05, 4.69) is 5.32 Å². The molecule has 0 atom stereocenters. The van der Waals surface area contributed by atoms with Crippen molar-refractivity contribution >= 4 is 30.5 Å². The minimum Gasteiger partial charge on any atom is -0.400 e. The predicted octanol–water partition coefficient (Wildman–Crippen LogP) is 2.14. The van der Waals surface area contributed by atoms with Gasteiger partial charge in [-0.1, -0.05) is 6.08 Å². The average Bonchev–Trinajstić information content (AvgIpc) is 2.68. The summed E-state index contributed by atoms with van der Waals surface area (Å²) in [4.78, 5) is 11.3. The van der Waals surface area contributed by atoms with Crippen LogP contribution in [0.1, 0.15) is 40.2 Å². The van der Waals surface area contributed by atoms with E-state index in [0.717, 1.165) is 6.07 Å². The largest absolute Gasteiger partial charge is 0.492 e. The van der Waals surface area contributed by atoms with E-state index in [1.54, 1.807) is 6.08 Å². The first-order valence-electron chi connectivity index (χ1n) is 8.08. The van der Waals surface area contributed by atoms with Crippen LogP contribution in [0.5, 0.6) is 0 Å². The minimum absolute atomic E-state index is 0.152. The fourth-order valence-corrected chi connectivity index (χ4v) is 2.40. The molecule has 1 saturated heterocycles. The number of hydrogen-bond acceptors (Lipinski definition) is 5. The van der Waals surface area contributed by atoms with Crippen LogP contribution in [0.4, 0.5) is 15.8 Å². The van der Waals surface area contributed by atoms with Crippen LogP contribution in [-0.2, 0) is 14.1 Å². The van der Waals surface area contributed by atoms with Gasteiger partial charge in [-0.3, -0.25) is 4.79 Å². The molecule has 0 aliphatic carbocycles. The van der Waals surface area contributed by atoms with Crippen LogP contribution in [0, 0.1) is 5.82 Å². The van der Waals surface area contributed by atoms with E-state index < -0.39 is 24.1 Å². The Kier molecular flexibility index (Phi) is 5.15. The molecule has 0 unspecified atom stereocenters. The number of anilines is 2. The topological polar surface area (TPSA) is 99.6 Å². The zero-order valence-electron chi connectivity index (χ0n) is 15.3. The van der Waals surface area contributed by atoms with E-state index in [0.29, 0.717) is 11.0 Å². The number of hydrogen-bond donors (Lipinski definition) is 3. The lowest BCUT2D eigenvalue weighted by atomic mass is 9.76. The van der Waals surface area contributed by atoms with Gasteiger partial charge in [0.2, 0.25) is 5.91 Å². The summed E-state index contributed by atoms with van der Waals surface area (Å²) in [5, 5.41) is 2.71. The molecule has 136 valence electrons. The number of nitrogens with one attached hydrogen (secondary N) is 1. The highest BCUT2D eigenvalue weighted by Gasteiger charge is 2.52. The van der Waals surface area contributed by atoms with Gasteiger partial charge in [0, 0.05) is 19.0 Å². The lowest BCUT2D eigenvalue weighted by Gasteiger charge is -2.32. The predicted molar refractivity (Wildman–Crippen MR) is 98.0 cm³/mol. The monoisotopic (exact) mass is 349 g/mol. The van der Waals surface area contributed by atoms with Crippen molar-refractivity contribution in [2.45, 2.75) is 45.8 Å². The molecule has 2 rings (SSSR count). The molecular formula is C17H25BFN3O3. The molecule has 0 spiro atoms. The first kappa shape index (κ1) is 19.3. The second kappa shape index (κ2) is 6.69. The average molecular weight is 349 g/mol. The SMILES string of the molecule is CC(=O)NCC(=Cc1cc(F)cc(N)c1N)B1OC(C)(C)C(C)(C)O1. The van der Waals surface area contributed by atoms with Gasteiger partial charge in [0.15, 0.2) is 0 Å². The molecule has 0 aromatic heterocycles. The van der Waals surface area contributed by atoms with Crippen molar-refractivity contribution in [3.8, 4) is 0 Å². The Hall–Kier alpha value is -2.06. The Balaban J connectivity index is 2.42.